The molecule has 102 valence electrons. The Labute approximate surface area is 111 Å². The minimum absolute atomic E-state index is 0.0976. The standard InChI is InChI=1S/C14H17NO4/c1-18-13(16)8-7-12-11(15-14(17)19-12)9-10-5-3-2-4-6-10/h2-6,11-12H,7-9H2,1H3,(H,15,17)/t11-,12+/m0/s1. The first-order valence-electron chi connectivity index (χ1n) is 6.27. The third-order valence-electron chi connectivity index (χ3n) is 3.17. The highest BCUT2D eigenvalue weighted by Gasteiger charge is 2.34. The van der Waals surface area contributed by atoms with E-state index in [4.69, 9.17) is 4.74 Å². The van der Waals surface area contributed by atoms with Gasteiger partial charge in [-0.15, -0.1) is 0 Å². The molecule has 1 saturated heterocycles. The van der Waals surface area contributed by atoms with Gasteiger partial charge in [-0.2, -0.15) is 0 Å². The SMILES string of the molecule is COC(=O)CC[C@H]1OC(=O)N[C@H]1Cc1ccccc1. The van der Waals surface area contributed by atoms with Crippen LogP contribution in [0.2, 0.25) is 0 Å². The van der Waals surface area contributed by atoms with Gasteiger partial charge in [-0.05, 0) is 18.4 Å². The van der Waals surface area contributed by atoms with Gasteiger partial charge in [0, 0.05) is 6.42 Å². The molecule has 1 aliphatic heterocycles. The summed E-state index contributed by atoms with van der Waals surface area (Å²) in [5.74, 6) is -0.290. The molecule has 0 aliphatic carbocycles. The third-order valence-corrected chi connectivity index (χ3v) is 3.17. The normalized spacial score (nSPS) is 21.6. The Hall–Kier alpha value is -2.04. The van der Waals surface area contributed by atoms with Gasteiger partial charge in [0.05, 0.1) is 13.2 Å². The predicted octanol–water partition coefficient (Wildman–Crippen LogP) is 1.66. The number of cyclic esters (lactones) is 1. The molecule has 0 spiro atoms. The zero-order chi connectivity index (χ0) is 13.7. The lowest BCUT2D eigenvalue weighted by atomic mass is 9.99. The molecule has 0 aromatic heterocycles. The topological polar surface area (TPSA) is 64.6 Å². The molecule has 0 radical (unpaired) electrons. The molecular formula is C14H17NO4. The summed E-state index contributed by atoms with van der Waals surface area (Å²) >= 11 is 0. The summed E-state index contributed by atoms with van der Waals surface area (Å²) in [4.78, 5) is 22.5. The summed E-state index contributed by atoms with van der Waals surface area (Å²) in [6.45, 7) is 0. The molecule has 1 aromatic carbocycles. The van der Waals surface area contributed by atoms with E-state index >= 15 is 0 Å². The number of methoxy groups -OCH3 is 1. The summed E-state index contributed by atoms with van der Waals surface area (Å²) in [6, 6.07) is 9.76. The smallest absolute Gasteiger partial charge is 0.407 e. The minimum Gasteiger partial charge on any atom is -0.469 e. The van der Waals surface area contributed by atoms with Crippen molar-refractivity contribution in [1.82, 2.24) is 5.32 Å². The van der Waals surface area contributed by atoms with Crippen molar-refractivity contribution < 1.29 is 19.1 Å². The van der Waals surface area contributed by atoms with Gasteiger partial charge in [-0.3, -0.25) is 4.79 Å². The highest BCUT2D eigenvalue weighted by molar-refractivity contribution is 5.71. The van der Waals surface area contributed by atoms with E-state index in [0.717, 1.165) is 5.56 Å². The van der Waals surface area contributed by atoms with Gasteiger partial charge >= 0.3 is 12.1 Å². The molecule has 0 bridgehead atoms. The first kappa shape index (κ1) is 13.4. The van der Waals surface area contributed by atoms with Crippen molar-refractivity contribution >= 4 is 12.1 Å². The summed E-state index contributed by atoms with van der Waals surface area (Å²) in [6.07, 6.45) is 0.713. The molecule has 5 nitrogen and oxygen atoms in total. The summed E-state index contributed by atoms with van der Waals surface area (Å²) < 4.78 is 9.77. The van der Waals surface area contributed by atoms with Gasteiger partial charge in [0.15, 0.2) is 0 Å². The Kier molecular flexibility index (Phi) is 4.39. The zero-order valence-corrected chi connectivity index (χ0v) is 10.8. The fraction of sp³-hybridized carbons (Fsp3) is 0.429. The molecule has 19 heavy (non-hydrogen) atoms. The fourth-order valence-electron chi connectivity index (χ4n) is 2.17. The summed E-state index contributed by atoms with van der Waals surface area (Å²) in [5, 5.41) is 2.78. The van der Waals surface area contributed by atoms with Gasteiger partial charge in [-0.1, -0.05) is 30.3 Å². The molecule has 1 fully saturated rings. The Bertz CT molecular complexity index is 446. The Morgan fingerprint density at radius 1 is 1.37 bits per heavy atom. The van der Waals surface area contributed by atoms with Crippen LogP contribution in [0.1, 0.15) is 18.4 Å². The van der Waals surface area contributed by atoms with Crippen LogP contribution in [0, 0.1) is 0 Å². The number of rotatable bonds is 5. The molecule has 0 unspecified atom stereocenters. The zero-order valence-electron chi connectivity index (χ0n) is 10.8. The van der Waals surface area contributed by atoms with Crippen molar-refractivity contribution in [2.24, 2.45) is 0 Å². The number of hydrogen-bond acceptors (Lipinski definition) is 4. The summed E-state index contributed by atoms with van der Waals surface area (Å²) in [5.41, 5.74) is 1.13. The van der Waals surface area contributed by atoms with Crippen LogP contribution in [0.3, 0.4) is 0 Å². The van der Waals surface area contributed by atoms with Crippen molar-refractivity contribution in [3.63, 3.8) is 0 Å². The molecule has 2 rings (SSSR count). The second-order valence-corrected chi connectivity index (χ2v) is 4.50. The van der Waals surface area contributed by atoms with E-state index in [0.29, 0.717) is 12.8 Å². The van der Waals surface area contributed by atoms with Gasteiger partial charge in [0.2, 0.25) is 0 Å². The maximum atomic E-state index is 11.3. The van der Waals surface area contributed by atoms with E-state index < -0.39 is 6.09 Å². The largest absolute Gasteiger partial charge is 0.469 e. The van der Waals surface area contributed by atoms with Crippen LogP contribution < -0.4 is 5.32 Å². The highest BCUT2D eigenvalue weighted by atomic mass is 16.6. The molecule has 1 heterocycles. The van der Waals surface area contributed by atoms with E-state index in [1.807, 2.05) is 30.3 Å². The molecular weight excluding hydrogens is 246 g/mol. The Balaban J connectivity index is 1.93. The van der Waals surface area contributed by atoms with E-state index in [9.17, 15) is 9.59 Å². The van der Waals surface area contributed by atoms with Crippen molar-refractivity contribution in [3.8, 4) is 0 Å². The maximum absolute atomic E-state index is 11.3. The Morgan fingerprint density at radius 3 is 2.79 bits per heavy atom. The van der Waals surface area contributed by atoms with Crippen LogP contribution in [-0.2, 0) is 20.7 Å². The number of hydrogen-bond donors (Lipinski definition) is 1. The van der Waals surface area contributed by atoms with E-state index in [-0.39, 0.29) is 24.5 Å². The number of amides is 1. The van der Waals surface area contributed by atoms with Gasteiger partial charge in [-0.25, -0.2) is 4.79 Å². The average Bonchev–Trinajstić information content (AvgIpc) is 2.77. The van der Waals surface area contributed by atoms with Crippen LogP contribution >= 0.6 is 0 Å². The van der Waals surface area contributed by atoms with Gasteiger partial charge in [0.1, 0.15) is 6.10 Å². The van der Waals surface area contributed by atoms with Crippen molar-refractivity contribution in [2.45, 2.75) is 31.4 Å². The van der Waals surface area contributed by atoms with E-state index in [2.05, 4.69) is 10.1 Å². The lowest BCUT2D eigenvalue weighted by Crippen LogP contribution is -2.34. The monoisotopic (exact) mass is 263 g/mol. The molecule has 2 atom stereocenters. The molecule has 1 amide bonds. The number of carbonyl (C=O) groups excluding carboxylic acids is 2. The Morgan fingerprint density at radius 2 is 2.11 bits per heavy atom. The highest BCUT2D eigenvalue weighted by Crippen LogP contribution is 2.18. The summed E-state index contributed by atoms with van der Waals surface area (Å²) in [7, 11) is 1.35. The number of esters is 1. The van der Waals surface area contributed by atoms with Gasteiger partial charge in [0.25, 0.3) is 0 Å². The average molecular weight is 263 g/mol. The van der Waals surface area contributed by atoms with E-state index in [1.54, 1.807) is 0 Å². The van der Waals surface area contributed by atoms with E-state index in [1.165, 1.54) is 7.11 Å². The van der Waals surface area contributed by atoms with Crippen LogP contribution in [0.25, 0.3) is 0 Å². The lowest BCUT2D eigenvalue weighted by Gasteiger charge is -2.16. The van der Waals surface area contributed by atoms with Crippen LogP contribution in [0.4, 0.5) is 4.79 Å². The predicted molar refractivity (Wildman–Crippen MR) is 68.6 cm³/mol. The second-order valence-electron chi connectivity index (χ2n) is 4.50. The second kappa shape index (κ2) is 6.22. The van der Waals surface area contributed by atoms with Crippen molar-refractivity contribution in [3.05, 3.63) is 35.9 Å². The minimum atomic E-state index is -0.421. The third kappa shape index (κ3) is 3.71. The lowest BCUT2D eigenvalue weighted by molar-refractivity contribution is -0.141. The van der Waals surface area contributed by atoms with Crippen LogP contribution in [0.15, 0.2) is 30.3 Å². The van der Waals surface area contributed by atoms with Crippen LogP contribution in [0.5, 0.6) is 0 Å². The number of nitrogens with one attached hydrogen (secondary N) is 1. The number of benzene rings is 1. The van der Waals surface area contributed by atoms with Crippen molar-refractivity contribution in [1.29, 1.82) is 0 Å². The molecule has 5 heteroatoms. The van der Waals surface area contributed by atoms with Crippen LogP contribution in [-0.4, -0.2) is 31.3 Å². The number of alkyl carbamates (subject to hydrolysis) is 1. The number of ether oxygens (including phenoxy) is 2. The quantitative estimate of drug-likeness (QED) is 0.820. The maximum Gasteiger partial charge on any atom is 0.407 e. The first-order valence-corrected chi connectivity index (χ1v) is 6.27. The molecule has 1 aliphatic rings. The van der Waals surface area contributed by atoms with Crippen molar-refractivity contribution in [2.75, 3.05) is 7.11 Å². The molecule has 0 saturated carbocycles. The fourth-order valence-corrected chi connectivity index (χ4v) is 2.17. The molecule has 1 N–H and O–H groups in total. The molecule has 1 aromatic rings. The first-order chi connectivity index (χ1) is 9.19. The number of carbonyl (C=O) groups is 2. The van der Waals surface area contributed by atoms with Gasteiger partial charge < -0.3 is 14.8 Å².